The minimum absolute atomic E-state index is 0.101. The number of hydrogen-bond acceptors (Lipinski definition) is 1. The summed E-state index contributed by atoms with van der Waals surface area (Å²) in [6.45, 7) is 0.505. The molecule has 2 rings (SSSR count). The van der Waals surface area contributed by atoms with Crippen molar-refractivity contribution in [2.75, 3.05) is 6.54 Å². The summed E-state index contributed by atoms with van der Waals surface area (Å²) < 4.78 is 38.2. The third-order valence-corrected chi connectivity index (χ3v) is 2.66. The average Bonchev–Trinajstić information content (AvgIpc) is 2.92. The fraction of sp³-hybridized carbons (Fsp3) is 0.400. The molecule has 2 N–H and O–H groups in total. The molecular weight excluding hydrogens is 191 g/mol. The minimum atomic E-state index is -1.40. The lowest BCUT2D eigenvalue weighted by Crippen LogP contribution is -2.02. The predicted octanol–water partition coefficient (Wildman–Crippen LogP) is 2.17. The van der Waals surface area contributed by atoms with Gasteiger partial charge in [-0.3, -0.25) is 0 Å². The molecule has 1 saturated carbocycles. The van der Waals surface area contributed by atoms with Crippen LogP contribution in [0.25, 0.3) is 0 Å². The molecule has 0 amide bonds. The maximum Gasteiger partial charge on any atom is 0.194 e. The summed E-state index contributed by atoms with van der Waals surface area (Å²) in [6.07, 6.45) is 0.834. The van der Waals surface area contributed by atoms with E-state index < -0.39 is 17.5 Å². The fourth-order valence-corrected chi connectivity index (χ4v) is 1.71. The Kier molecular flexibility index (Phi) is 2.23. The van der Waals surface area contributed by atoms with E-state index in [1.54, 1.807) is 0 Å². The summed E-state index contributed by atoms with van der Waals surface area (Å²) >= 11 is 0. The maximum absolute atomic E-state index is 12.8. The van der Waals surface area contributed by atoms with E-state index in [1.165, 1.54) is 0 Å². The van der Waals surface area contributed by atoms with Crippen molar-refractivity contribution in [3.8, 4) is 0 Å². The molecule has 0 saturated heterocycles. The Morgan fingerprint density at radius 1 is 1.21 bits per heavy atom. The van der Waals surface area contributed by atoms with E-state index in [2.05, 4.69) is 0 Å². The predicted molar refractivity (Wildman–Crippen MR) is 46.2 cm³/mol. The molecule has 0 radical (unpaired) electrons. The molecule has 0 bridgehead atoms. The van der Waals surface area contributed by atoms with Gasteiger partial charge < -0.3 is 5.73 Å². The molecule has 1 aromatic carbocycles. The van der Waals surface area contributed by atoms with Crippen molar-refractivity contribution in [2.24, 2.45) is 11.7 Å². The van der Waals surface area contributed by atoms with Gasteiger partial charge in [0.1, 0.15) is 0 Å². The van der Waals surface area contributed by atoms with Crippen molar-refractivity contribution >= 4 is 0 Å². The zero-order valence-corrected chi connectivity index (χ0v) is 7.43. The van der Waals surface area contributed by atoms with Gasteiger partial charge in [-0.2, -0.15) is 0 Å². The number of benzene rings is 1. The molecule has 14 heavy (non-hydrogen) atoms. The summed E-state index contributed by atoms with van der Waals surface area (Å²) in [5, 5.41) is 0. The molecule has 1 fully saturated rings. The van der Waals surface area contributed by atoms with Crippen molar-refractivity contribution in [3.63, 3.8) is 0 Å². The van der Waals surface area contributed by atoms with E-state index in [9.17, 15) is 13.2 Å². The third-order valence-electron chi connectivity index (χ3n) is 2.66. The largest absolute Gasteiger partial charge is 0.330 e. The van der Waals surface area contributed by atoms with E-state index in [4.69, 9.17) is 5.73 Å². The molecule has 76 valence electrons. The van der Waals surface area contributed by atoms with Crippen molar-refractivity contribution in [3.05, 3.63) is 35.1 Å². The molecule has 2 atom stereocenters. The van der Waals surface area contributed by atoms with Crippen LogP contribution in [-0.2, 0) is 0 Å². The van der Waals surface area contributed by atoms with Crippen molar-refractivity contribution in [2.45, 2.75) is 12.3 Å². The van der Waals surface area contributed by atoms with Crippen molar-refractivity contribution in [1.29, 1.82) is 0 Å². The molecule has 1 aliphatic rings. The first-order chi connectivity index (χ1) is 6.63. The summed E-state index contributed by atoms with van der Waals surface area (Å²) in [6, 6.07) is 2.11. The van der Waals surface area contributed by atoms with Crippen LogP contribution >= 0.6 is 0 Å². The Morgan fingerprint density at radius 2 is 1.79 bits per heavy atom. The van der Waals surface area contributed by atoms with E-state index >= 15 is 0 Å². The molecule has 1 aliphatic carbocycles. The Morgan fingerprint density at radius 3 is 2.21 bits per heavy atom. The SMILES string of the molecule is NC[C@@H]1C[C@H]1c1cc(F)c(F)c(F)c1. The summed E-state index contributed by atoms with van der Waals surface area (Å²) in [5.74, 6) is -3.26. The summed E-state index contributed by atoms with van der Waals surface area (Å²) in [4.78, 5) is 0. The van der Waals surface area contributed by atoms with Gasteiger partial charge >= 0.3 is 0 Å². The van der Waals surface area contributed by atoms with Gasteiger partial charge in [-0.25, -0.2) is 13.2 Å². The summed E-state index contributed by atoms with van der Waals surface area (Å²) in [7, 11) is 0. The number of rotatable bonds is 2. The Bertz CT molecular complexity index is 341. The molecule has 1 nitrogen and oxygen atoms in total. The van der Waals surface area contributed by atoms with Crippen LogP contribution in [0.15, 0.2) is 12.1 Å². The van der Waals surface area contributed by atoms with Crippen LogP contribution in [0.1, 0.15) is 17.9 Å². The highest BCUT2D eigenvalue weighted by molar-refractivity contribution is 5.28. The second-order valence-electron chi connectivity index (χ2n) is 3.64. The average molecular weight is 201 g/mol. The Balaban J connectivity index is 2.28. The zero-order valence-electron chi connectivity index (χ0n) is 7.43. The first kappa shape index (κ1) is 9.52. The quantitative estimate of drug-likeness (QED) is 0.729. The van der Waals surface area contributed by atoms with E-state index in [1.807, 2.05) is 0 Å². The first-order valence-electron chi connectivity index (χ1n) is 4.48. The number of halogens is 3. The highest BCUT2D eigenvalue weighted by Gasteiger charge is 2.37. The van der Waals surface area contributed by atoms with Crippen LogP contribution in [-0.4, -0.2) is 6.54 Å². The fourth-order valence-electron chi connectivity index (χ4n) is 1.71. The lowest BCUT2D eigenvalue weighted by molar-refractivity contribution is 0.445. The van der Waals surface area contributed by atoms with E-state index in [-0.39, 0.29) is 5.92 Å². The number of hydrogen-bond donors (Lipinski definition) is 1. The third kappa shape index (κ3) is 1.50. The smallest absolute Gasteiger partial charge is 0.194 e. The lowest BCUT2D eigenvalue weighted by atomic mass is 10.1. The van der Waals surface area contributed by atoms with Crippen LogP contribution < -0.4 is 5.73 Å². The van der Waals surface area contributed by atoms with Crippen LogP contribution in [0.2, 0.25) is 0 Å². The van der Waals surface area contributed by atoms with Gasteiger partial charge in [0.05, 0.1) is 0 Å². The Hall–Kier alpha value is -1.03. The van der Waals surface area contributed by atoms with Crippen LogP contribution in [0.5, 0.6) is 0 Å². The molecule has 0 unspecified atom stereocenters. The van der Waals surface area contributed by atoms with Crippen LogP contribution in [0.3, 0.4) is 0 Å². The molecule has 0 aromatic heterocycles. The van der Waals surface area contributed by atoms with Crippen molar-refractivity contribution < 1.29 is 13.2 Å². The van der Waals surface area contributed by atoms with Gasteiger partial charge in [-0.1, -0.05) is 0 Å². The van der Waals surface area contributed by atoms with Gasteiger partial charge in [0.2, 0.25) is 0 Å². The van der Waals surface area contributed by atoms with Gasteiger partial charge in [0, 0.05) is 0 Å². The topological polar surface area (TPSA) is 26.0 Å². The first-order valence-corrected chi connectivity index (χ1v) is 4.48. The normalized spacial score (nSPS) is 25.1. The van der Waals surface area contributed by atoms with E-state index in [0.717, 1.165) is 18.6 Å². The monoisotopic (exact) mass is 201 g/mol. The van der Waals surface area contributed by atoms with Crippen LogP contribution in [0.4, 0.5) is 13.2 Å². The molecular formula is C10H10F3N. The molecule has 1 aromatic rings. The van der Waals surface area contributed by atoms with E-state index in [0.29, 0.717) is 18.0 Å². The second kappa shape index (κ2) is 3.28. The van der Waals surface area contributed by atoms with Gasteiger partial charge in [-0.05, 0) is 42.5 Å². The maximum atomic E-state index is 12.8. The molecule has 0 spiro atoms. The van der Waals surface area contributed by atoms with Gasteiger partial charge in [-0.15, -0.1) is 0 Å². The highest BCUT2D eigenvalue weighted by atomic mass is 19.2. The van der Waals surface area contributed by atoms with Gasteiger partial charge in [0.25, 0.3) is 0 Å². The molecule has 0 aliphatic heterocycles. The summed E-state index contributed by atoms with van der Waals surface area (Å²) in [5.41, 5.74) is 5.92. The Labute approximate surface area is 79.7 Å². The molecule has 0 heterocycles. The standard InChI is InChI=1S/C10H10F3N/c11-8-2-5(3-9(12)10(8)13)7-1-6(7)4-14/h2-3,6-7H,1,4,14H2/t6-,7-/m0/s1. The zero-order chi connectivity index (χ0) is 10.3. The second-order valence-corrected chi connectivity index (χ2v) is 3.64. The highest BCUT2D eigenvalue weighted by Crippen LogP contribution is 2.46. The van der Waals surface area contributed by atoms with Crippen LogP contribution in [0, 0.1) is 23.4 Å². The van der Waals surface area contributed by atoms with Gasteiger partial charge in [0.15, 0.2) is 17.5 Å². The minimum Gasteiger partial charge on any atom is -0.330 e. The van der Waals surface area contributed by atoms with Crippen molar-refractivity contribution in [1.82, 2.24) is 0 Å². The lowest BCUT2D eigenvalue weighted by Gasteiger charge is -2.01. The number of nitrogens with two attached hydrogens (primary N) is 1. The molecule has 4 heteroatoms.